The highest BCUT2D eigenvalue weighted by Gasteiger charge is 2.20. The van der Waals surface area contributed by atoms with E-state index in [2.05, 4.69) is 33.3 Å². The Labute approximate surface area is 221 Å². The summed E-state index contributed by atoms with van der Waals surface area (Å²) in [4.78, 5) is 20.4. The van der Waals surface area contributed by atoms with Gasteiger partial charge in [0.1, 0.15) is 11.6 Å². The average molecular weight is 534 g/mol. The number of methoxy groups -OCH3 is 1. The van der Waals surface area contributed by atoms with Crippen molar-refractivity contribution < 1.29 is 13.2 Å². The number of piperidine rings is 1. The zero-order chi connectivity index (χ0) is 26.9. The third-order valence-electron chi connectivity index (χ3n) is 6.84. The first-order chi connectivity index (χ1) is 18.2. The predicted molar refractivity (Wildman–Crippen MR) is 152 cm³/mol. The van der Waals surface area contributed by atoms with Crippen LogP contribution >= 0.6 is 0 Å². The molecule has 38 heavy (non-hydrogen) atoms. The van der Waals surface area contributed by atoms with Gasteiger partial charge in [-0.2, -0.15) is 0 Å². The second kappa shape index (κ2) is 10.5. The molecular formula is C28H31N5O4S. The summed E-state index contributed by atoms with van der Waals surface area (Å²) in [5, 5.41) is 7.89. The van der Waals surface area contributed by atoms with Crippen LogP contribution in [0.3, 0.4) is 0 Å². The van der Waals surface area contributed by atoms with Gasteiger partial charge in [0.05, 0.1) is 30.1 Å². The van der Waals surface area contributed by atoms with Crippen molar-refractivity contribution in [1.82, 2.24) is 15.3 Å². The number of H-pyrrole nitrogens is 1. The Morgan fingerprint density at radius 2 is 1.87 bits per heavy atom. The van der Waals surface area contributed by atoms with Gasteiger partial charge < -0.3 is 20.4 Å². The van der Waals surface area contributed by atoms with Crippen LogP contribution in [0.4, 0.5) is 17.2 Å². The number of nitrogens with zero attached hydrogens (tertiary/aromatic N) is 1. The molecule has 0 saturated carbocycles. The van der Waals surface area contributed by atoms with Crippen molar-refractivity contribution in [3.63, 3.8) is 0 Å². The number of aryl methyl sites for hydroxylation is 1. The van der Waals surface area contributed by atoms with Gasteiger partial charge in [0, 0.05) is 17.4 Å². The normalized spacial score (nSPS) is 14.4. The fraction of sp³-hybridized carbons (Fsp3) is 0.286. The van der Waals surface area contributed by atoms with Crippen molar-refractivity contribution in [2.45, 2.75) is 25.7 Å². The molecule has 10 heteroatoms. The molecule has 0 aliphatic carbocycles. The SMILES string of the molecule is COc1cc(C2CCNCC2)c(C)cc1Nc1nc(-c2cccc(NS(C)(=O)=O)c2)cc2cc[nH]c(=O)c12. The average Bonchev–Trinajstić information content (AvgIpc) is 2.88. The van der Waals surface area contributed by atoms with Gasteiger partial charge in [-0.3, -0.25) is 9.52 Å². The molecule has 5 rings (SSSR count). The van der Waals surface area contributed by atoms with Crippen LogP contribution in [-0.2, 0) is 10.0 Å². The molecule has 0 bridgehead atoms. The van der Waals surface area contributed by atoms with Gasteiger partial charge in [0.25, 0.3) is 5.56 Å². The first-order valence-corrected chi connectivity index (χ1v) is 14.4. The Morgan fingerprint density at radius 1 is 1.08 bits per heavy atom. The lowest BCUT2D eigenvalue weighted by molar-refractivity contribution is 0.413. The van der Waals surface area contributed by atoms with Crippen LogP contribution in [-0.4, -0.2) is 44.8 Å². The van der Waals surface area contributed by atoms with E-state index in [4.69, 9.17) is 9.72 Å². The molecule has 4 N–H and O–H groups in total. The summed E-state index contributed by atoms with van der Waals surface area (Å²) in [6.07, 6.45) is 4.85. The van der Waals surface area contributed by atoms with Crippen molar-refractivity contribution in [3.8, 4) is 17.0 Å². The molecule has 1 saturated heterocycles. The molecule has 2 aromatic carbocycles. The summed E-state index contributed by atoms with van der Waals surface area (Å²) in [5.74, 6) is 1.53. The number of sulfonamides is 1. The van der Waals surface area contributed by atoms with Crippen LogP contribution in [0.15, 0.2) is 59.5 Å². The summed E-state index contributed by atoms with van der Waals surface area (Å²) in [6, 6.07) is 14.8. The number of ether oxygens (including phenoxy) is 1. The number of hydrogen-bond donors (Lipinski definition) is 4. The van der Waals surface area contributed by atoms with E-state index in [0.717, 1.165) is 37.8 Å². The second-order valence-corrected chi connectivity index (χ2v) is 11.4. The van der Waals surface area contributed by atoms with Crippen LogP contribution in [0.5, 0.6) is 5.75 Å². The monoisotopic (exact) mass is 533 g/mol. The number of anilines is 3. The number of rotatable bonds is 7. The smallest absolute Gasteiger partial charge is 0.259 e. The fourth-order valence-electron chi connectivity index (χ4n) is 5.08. The summed E-state index contributed by atoms with van der Waals surface area (Å²) >= 11 is 0. The third kappa shape index (κ3) is 5.51. The maximum atomic E-state index is 12.9. The van der Waals surface area contributed by atoms with E-state index in [9.17, 15) is 13.2 Å². The van der Waals surface area contributed by atoms with Crippen molar-refractivity contribution in [2.24, 2.45) is 0 Å². The zero-order valence-corrected chi connectivity index (χ0v) is 22.4. The molecule has 2 aromatic heterocycles. The molecule has 0 unspecified atom stereocenters. The Kier molecular flexibility index (Phi) is 7.09. The molecule has 3 heterocycles. The Morgan fingerprint density at radius 3 is 2.61 bits per heavy atom. The van der Waals surface area contributed by atoms with Gasteiger partial charge in [-0.15, -0.1) is 0 Å². The minimum absolute atomic E-state index is 0.265. The van der Waals surface area contributed by atoms with Crippen LogP contribution < -0.4 is 25.7 Å². The zero-order valence-electron chi connectivity index (χ0n) is 21.6. The highest BCUT2D eigenvalue weighted by molar-refractivity contribution is 7.92. The minimum Gasteiger partial charge on any atom is -0.495 e. The van der Waals surface area contributed by atoms with Crippen molar-refractivity contribution in [2.75, 3.05) is 36.5 Å². The number of benzene rings is 2. The Bertz CT molecular complexity index is 1660. The lowest BCUT2D eigenvalue weighted by Gasteiger charge is -2.26. The summed E-state index contributed by atoms with van der Waals surface area (Å²) in [6.45, 7) is 4.09. The number of aromatic nitrogens is 2. The molecule has 1 aliphatic heterocycles. The number of pyridine rings is 2. The van der Waals surface area contributed by atoms with Crippen LogP contribution in [0.2, 0.25) is 0 Å². The minimum atomic E-state index is -3.43. The molecule has 0 atom stereocenters. The number of nitrogens with one attached hydrogen (secondary N) is 4. The van der Waals surface area contributed by atoms with E-state index in [1.54, 1.807) is 31.5 Å². The fourth-order valence-corrected chi connectivity index (χ4v) is 5.63. The number of aromatic amines is 1. The Balaban J connectivity index is 1.60. The van der Waals surface area contributed by atoms with Crippen LogP contribution in [0.1, 0.15) is 29.9 Å². The molecule has 4 aromatic rings. The number of hydrogen-bond acceptors (Lipinski definition) is 7. The maximum absolute atomic E-state index is 12.9. The maximum Gasteiger partial charge on any atom is 0.259 e. The van der Waals surface area contributed by atoms with E-state index in [-0.39, 0.29) is 5.56 Å². The molecule has 198 valence electrons. The first kappa shape index (κ1) is 25.7. The molecule has 1 aliphatic rings. The Hall–Kier alpha value is -3.89. The predicted octanol–water partition coefficient (Wildman–Crippen LogP) is 4.49. The van der Waals surface area contributed by atoms with Crippen LogP contribution in [0.25, 0.3) is 22.0 Å². The lowest BCUT2D eigenvalue weighted by atomic mass is 9.87. The molecule has 1 fully saturated rings. The molecule has 0 spiro atoms. The summed E-state index contributed by atoms with van der Waals surface area (Å²) in [5.41, 5.74) is 4.58. The largest absolute Gasteiger partial charge is 0.495 e. The molecular weight excluding hydrogens is 502 g/mol. The highest BCUT2D eigenvalue weighted by Crippen LogP contribution is 2.38. The standard InChI is InChI=1S/C28H31N5O4S/c1-17-13-24(25(37-2)16-22(17)18-7-10-29-11-8-18)32-27-26-20(9-12-30-28(26)34)15-23(31-27)19-5-4-6-21(14-19)33-38(3,35)36/h4-6,9,12-16,18,29,33H,7-8,10-11H2,1-3H3,(H,30,34)(H,31,32). The van der Waals surface area contributed by atoms with Gasteiger partial charge in [-0.25, -0.2) is 13.4 Å². The molecule has 9 nitrogen and oxygen atoms in total. The van der Waals surface area contributed by atoms with Crippen molar-refractivity contribution in [3.05, 3.63) is 76.2 Å². The number of fused-ring (bicyclic) bond motifs is 1. The van der Waals surface area contributed by atoms with Crippen LogP contribution in [0, 0.1) is 6.92 Å². The summed E-state index contributed by atoms with van der Waals surface area (Å²) in [7, 11) is -1.80. The van der Waals surface area contributed by atoms with Gasteiger partial charge in [-0.05, 0) is 91.7 Å². The van der Waals surface area contributed by atoms with Crippen molar-refractivity contribution >= 4 is 38.0 Å². The van der Waals surface area contributed by atoms with E-state index >= 15 is 0 Å². The van der Waals surface area contributed by atoms with Gasteiger partial charge in [0.2, 0.25) is 10.0 Å². The topological polar surface area (TPSA) is 125 Å². The van der Waals surface area contributed by atoms with E-state index in [0.29, 0.717) is 50.9 Å². The van der Waals surface area contributed by atoms with Crippen molar-refractivity contribution in [1.29, 1.82) is 0 Å². The first-order valence-electron chi connectivity index (χ1n) is 12.5. The van der Waals surface area contributed by atoms with Gasteiger partial charge in [0.15, 0.2) is 0 Å². The third-order valence-corrected chi connectivity index (χ3v) is 7.44. The van der Waals surface area contributed by atoms with E-state index in [1.807, 2.05) is 24.3 Å². The van der Waals surface area contributed by atoms with Gasteiger partial charge in [-0.1, -0.05) is 12.1 Å². The molecule has 0 radical (unpaired) electrons. The van der Waals surface area contributed by atoms with Gasteiger partial charge >= 0.3 is 0 Å². The van der Waals surface area contributed by atoms with E-state index in [1.165, 1.54) is 5.56 Å². The second-order valence-electron chi connectivity index (χ2n) is 9.64. The molecule has 0 amide bonds. The quantitative estimate of drug-likeness (QED) is 0.276. The van der Waals surface area contributed by atoms with E-state index < -0.39 is 10.0 Å². The lowest BCUT2D eigenvalue weighted by Crippen LogP contribution is -2.27. The summed E-state index contributed by atoms with van der Waals surface area (Å²) < 4.78 is 31.7. The highest BCUT2D eigenvalue weighted by atomic mass is 32.2.